The van der Waals surface area contributed by atoms with Crippen LogP contribution >= 0.6 is 11.6 Å². The Morgan fingerprint density at radius 1 is 1.47 bits per heavy atom. The summed E-state index contributed by atoms with van der Waals surface area (Å²) in [6.07, 6.45) is 4.86. The maximum Gasteiger partial charge on any atom is 0.130 e. The van der Waals surface area contributed by atoms with Gasteiger partial charge in [-0.3, -0.25) is 0 Å². The van der Waals surface area contributed by atoms with Crippen molar-refractivity contribution >= 4 is 11.6 Å². The van der Waals surface area contributed by atoms with Gasteiger partial charge in [0.15, 0.2) is 0 Å². The van der Waals surface area contributed by atoms with Gasteiger partial charge in [-0.1, -0.05) is 23.7 Å². The van der Waals surface area contributed by atoms with Gasteiger partial charge in [-0.05, 0) is 36.6 Å². The standard InChI is InChI=1S/C14H17ClN2O2/c1-2-13(16)6-11-5-12(15)3-4-14(11)18-8-10-7-17-19-9-10/h3-5,7,9,13H,2,6,8,16H2,1H3. The zero-order chi connectivity index (χ0) is 13.7. The molecule has 4 nitrogen and oxygen atoms in total. The molecular weight excluding hydrogens is 264 g/mol. The van der Waals surface area contributed by atoms with Gasteiger partial charge < -0.3 is 15.0 Å². The van der Waals surface area contributed by atoms with Crippen LogP contribution in [-0.2, 0) is 13.0 Å². The molecule has 2 rings (SSSR count). The number of nitrogens with two attached hydrogens (primary N) is 1. The van der Waals surface area contributed by atoms with Crippen molar-refractivity contribution in [3.05, 3.63) is 46.8 Å². The van der Waals surface area contributed by atoms with Gasteiger partial charge in [0.05, 0.1) is 6.20 Å². The van der Waals surface area contributed by atoms with Gasteiger partial charge in [0.1, 0.15) is 18.6 Å². The molecule has 2 N–H and O–H groups in total. The molecule has 0 radical (unpaired) electrons. The van der Waals surface area contributed by atoms with Crippen LogP contribution in [0.1, 0.15) is 24.5 Å². The zero-order valence-electron chi connectivity index (χ0n) is 10.8. The molecule has 102 valence electrons. The zero-order valence-corrected chi connectivity index (χ0v) is 11.6. The molecule has 5 heteroatoms. The molecule has 1 heterocycles. The molecule has 1 aromatic carbocycles. The largest absolute Gasteiger partial charge is 0.488 e. The first-order valence-electron chi connectivity index (χ1n) is 6.24. The monoisotopic (exact) mass is 280 g/mol. The number of benzene rings is 1. The van der Waals surface area contributed by atoms with Crippen LogP contribution in [0.3, 0.4) is 0 Å². The maximum absolute atomic E-state index is 6.02. The lowest BCUT2D eigenvalue weighted by atomic mass is 10.0. The Balaban J connectivity index is 2.09. The third kappa shape index (κ3) is 3.98. The van der Waals surface area contributed by atoms with E-state index in [0.717, 1.165) is 29.7 Å². The number of nitrogens with zero attached hydrogens (tertiary/aromatic N) is 1. The summed E-state index contributed by atoms with van der Waals surface area (Å²) in [5, 5.41) is 4.33. The number of halogens is 1. The molecule has 0 aliphatic rings. The van der Waals surface area contributed by atoms with Crippen LogP contribution < -0.4 is 10.5 Å². The highest BCUT2D eigenvalue weighted by molar-refractivity contribution is 6.30. The summed E-state index contributed by atoms with van der Waals surface area (Å²) < 4.78 is 10.5. The van der Waals surface area contributed by atoms with Crippen molar-refractivity contribution in [3.8, 4) is 5.75 Å². The summed E-state index contributed by atoms with van der Waals surface area (Å²) in [5.41, 5.74) is 7.91. The van der Waals surface area contributed by atoms with E-state index in [4.69, 9.17) is 26.6 Å². The summed E-state index contributed by atoms with van der Waals surface area (Å²) >= 11 is 6.02. The molecule has 19 heavy (non-hydrogen) atoms. The number of hydrogen-bond donors (Lipinski definition) is 1. The van der Waals surface area contributed by atoms with Gasteiger partial charge in [-0.2, -0.15) is 0 Å². The van der Waals surface area contributed by atoms with E-state index in [1.165, 1.54) is 0 Å². The molecule has 0 amide bonds. The van der Waals surface area contributed by atoms with Crippen molar-refractivity contribution in [2.24, 2.45) is 5.73 Å². The van der Waals surface area contributed by atoms with E-state index in [-0.39, 0.29) is 6.04 Å². The average Bonchev–Trinajstić information content (AvgIpc) is 2.91. The number of hydrogen-bond acceptors (Lipinski definition) is 4. The molecule has 2 aromatic rings. The van der Waals surface area contributed by atoms with Crippen molar-refractivity contribution in [3.63, 3.8) is 0 Å². The molecule has 0 saturated carbocycles. The fourth-order valence-electron chi connectivity index (χ4n) is 1.73. The highest BCUT2D eigenvalue weighted by Gasteiger charge is 2.09. The van der Waals surface area contributed by atoms with E-state index in [9.17, 15) is 0 Å². The van der Waals surface area contributed by atoms with E-state index in [0.29, 0.717) is 11.6 Å². The third-order valence-corrected chi connectivity index (χ3v) is 3.14. The second-order valence-corrected chi connectivity index (χ2v) is 4.88. The number of ether oxygens (including phenoxy) is 1. The summed E-state index contributed by atoms with van der Waals surface area (Å²) in [5.74, 6) is 0.800. The quantitative estimate of drug-likeness (QED) is 0.883. The van der Waals surface area contributed by atoms with Crippen LogP contribution in [0.2, 0.25) is 5.02 Å². The third-order valence-electron chi connectivity index (χ3n) is 2.91. The molecule has 0 aliphatic carbocycles. The lowest BCUT2D eigenvalue weighted by Gasteiger charge is -2.14. The first kappa shape index (κ1) is 13.9. The van der Waals surface area contributed by atoms with Gasteiger partial charge in [-0.25, -0.2) is 0 Å². The molecule has 0 saturated heterocycles. The summed E-state index contributed by atoms with van der Waals surface area (Å²) in [6, 6.07) is 5.69. The fourth-order valence-corrected chi connectivity index (χ4v) is 1.93. The number of aromatic nitrogens is 1. The van der Waals surface area contributed by atoms with Crippen molar-refractivity contribution in [1.29, 1.82) is 0 Å². The Hall–Kier alpha value is -1.52. The SMILES string of the molecule is CCC(N)Cc1cc(Cl)ccc1OCc1cnoc1. The van der Waals surface area contributed by atoms with Gasteiger partial charge >= 0.3 is 0 Å². The highest BCUT2D eigenvalue weighted by atomic mass is 35.5. The molecule has 0 aliphatic heterocycles. The predicted octanol–water partition coefficient (Wildman–Crippen LogP) is 3.19. The molecule has 1 aromatic heterocycles. The Morgan fingerprint density at radius 2 is 2.32 bits per heavy atom. The molecule has 0 spiro atoms. The molecular formula is C14H17ClN2O2. The molecule has 1 atom stereocenters. The average molecular weight is 281 g/mol. The van der Waals surface area contributed by atoms with Gasteiger partial charge in [0.25, 0.3) is 0 Å². The van der Waals surface area contributed by atoms with Crippen LogP contribution in [0, 0.1) is 0 Å². The lowest BCUT2D eigenvalue weighted by molar-refractivity contribution is 0.300. The van der Waals surface area contributed by atoms with Crippen molar-refractivity contribution < 1.29 is 9.26 Å². The van der Waals surface area contributed by atoms with Crippen molar-refractivity contribution in [1.82, 2.24) is 5.16 Å². The lowest BCUT2D eigenvalue weighted by Crippen LogP contribution is -2.21. The minimum absolute atomic E-state index is 0.108. The maximum atomic E-state index is 6.02. The molecule has 0 fully saturated rings. The number of rotatable bonds is 6. The molecule has 0 bridgehead atoms. The van der Waals surface area contributed by atoms with Gasteiger partial charge in [0, 0.05) is 16.6 Å². The Morgan fingerprint density at radius 3 is 3.00 bits per heavy atom. The Kier molecular flexibility index (Phi) is 4.82. The van der Waals surface area contributed by atoms with E-state index >= 15 is 0 Å². The second kappa shape index (κ2) is 6.59. The van der Waals surface area contributed by atoms with E-state index in [2.05, 4.69) is 12.1 Å². The van der Waals surface area contributed by atoms with Crippen LogP contribution in [0.25, 0.3) is 0 Å². The molecule has 1 unspecified atom stereocenters. The first-order chi connectivity index (χ1) is 9.19. The Bertz CT molecular complexity index is 514. The van der Waals surface area contributed by atoms with Crippen LogP contribution in [0.5, 0.6) is 5.75 Å². The van der Waals surface area contributed by atoms with Crippen LogP contribution in [-0.4, -0.2) is 11.2 Å². The van der Waals surface area contributed by atoms with Gasteiger partial charge in [-0.15, -0.1) is 0 Å². The minimum atomic E-state index is 0.108. The Labute approximate surface area is 117 Å². The van der Waals surface area contributed by atoms with E-state index < -0.39 is 0 Å². The minimum Gasteiger partial charge on any atom is -0.488 e. The first-order valence-corrected chi connectivity index (χ1v) is 6.62. The second-order valence-electron chi connectivity index (χ2n) is 4.45. The van der Waals surface area contributed by atoms with E-state index in [1.54, 1.807) is 12.5 Å². The van der Waals surface area contributed by atoms with Crippen LogP contribution in [0.15, 0.2) is 35.2 Å². The highest BCUT2D eigenvalue weighted by Crippen LogP contribution is 2.25. The normalized spacial score (nSPS) is 12.4. The summed E-state index contributed by atoms with van der Waals surface area (Å²) in [7, 11) is 0. The smallest absolute Gasteiger partial charge is 0.130 e. The van der Waals surface area contributed by atoms with Crippen molar-refractivity contribution in [2.75, 3.05) is 0 Å². The van der Waals surface area contributed by atoms with E-state index in [1.807, 2.05) is 18.2 Å². The predicted molar refractivity (Wildman–Crippen MR) is 74.3 cm³/mol. The van der Waals surface area contributed by atoms with Crippen LogP contribution in [0.4, 0.5) is 0 Å². The topological polar surface area (TPSA) is 61.3 Å². The van der Waals surface area contributed by atoms with Gasteiger partial charge in [0.2, 0.25) is 0 Å². The fraction of sp³-hybridized carbons (Fsp3) is 0.357. The summed E-state index contributed by atoms with van der Waals surface area (Å²) in [6.45, 7) is 2.48. The van der Waals surface area contributed by atoms with Crippen molar-refractivity contribution in [2.45, 2.75) is 32.4 Å². The summed E-state index contributed by atoms with van der Waals surface area (Å²) in [4.78, 5) is 0.